The summed E-state index contributed by atoms with van der Waals surface area (Å²) >= 11 is 0. The zero-order chi connectivity index (χ0) is 7.84. The molecule has 0 aromatic rings. The summed E-state index contributed by atoms with van der Waals surface area (Å²) in [6.45, 7) is 4.84. The molecule has 2 aliphatic rings. The molecule has 0 aliphatic heterocycles. The second-order valence-corrected chi connectivity index (χ2v) is 4.54. The molecule has 2 fully saturated rings. The van der Waals surface area contributed by atoms with Gasteiger partial charge in [0.2, 0.25) is 0 Å². The van der Waals surface area contributed by atoms with E-state index in [1.807, 2.05) is 0 Å². The number of hydrogen-bond donors (Lipinski definition) is 0. The molecule has 0 bridgehead atoms. The fourth-order valence-electron chi connectivity index (χ4n) is 3.61. The first-order chi connectivity index (χ1) is 5.34. The van der Waals surface area contributed by atoms with Crippen molar-refractivity contribution in [1.29, 1.82) is 0 Å². The van der Waals surface area contributed by atoms with Gasteiger partial charge in [0.05, 0.1) is 0 Å². The highest BCUT2D eigenvalue weighted by atomic mass is 14.5. The van der Waals surface area contributed by atoms with Crippen LogP contribution in [0.3, 0.4) is 0 Å². The molecular formula is C11H20. The van der Waals surface area contributed by atoms with Crippen LogP contribution in [0.15, 0.2) is 0 Å². The van der Waals surface area contributed by atoms with Crippen LogP contribution in [-0.4, -0.2) is 0 Å². The van der Waals surface area contributed by atoms with Crippen molar-refractivity contribution < 1.29 is 0 Å². The molecule has 64 valence electrons. The molecule has 11 heavy (non-hydrogen) atoms. The normalized spacial score (nSPS) is 49.6. The van der Waals surface area contributed by atoms with Crippen molar-refractivity contribution in [2.45, 2.75) is 46.0 Å². The second-order valence-electron chi connectivity index (χ2n) is 4.54. The maximum atomic E-state index is 2.47. The Hall–Kier alpha value is 0. The molecular weight excluding hydrogens is 132 g/mol. The lowest BCUT2D eigenvalue weighted by molar-refractivity contribution is -0.0438. The van der Waals surface area contributed by atoms with Gasteiger partial charge in [-0.15, -0.1) is 0 Å². The topological polar surface area (TPSA) is 0 Å². The van der Waals surface area contributed by atoms with Crippen molar-refractivity contribution in [3.05, 3.63) is 0 Å². The SMILES string of the molecule is CCC1C(C)C2CCCCC12. The highest BCUT2D eigenvalue weighted by Gasteiger charge is 2.46. The van der Waals surface area contributed by atoms with Crippen LogP contribution in [0.5, 0.6) is 0 Å². The van der Waals surface area contributed by atoms with Gasteiger partial charge in [0.1, 0.15) is 0 Å². The second kappa shape index (κ2) is 2.80. The van der Waals surface area contributed by atoms with E-state index in [-0.39, 0.29) is 0 Å². The van der Waals surface area contributed by atoms with Gasteiger partial charge in [0.15, 0.2) is 0 Å². The van der Waals surface area contributed by atoms with E-state index >= 15 is 0 Å². The average Bonchev–Trinajstić information content (AvgIpc) is 2.05. The highest BCUT2D eigenvalue weighted by molar-refractivity contribution is 4.95. The molecule has 0 heterocycles. The Morgan fingerprint density at radius 2 is 1.73 bits per heavy atom. The third kappa shape index (κ3) is 1.02. The fraction of sp³-hybridized carbons (Fsp3) is 1.00. The van der Waals surface area contributed by atoms with Gasteiger partial charge < -0.3 is 0 Å². The monoisotopic (exact) mass is 152 g/mol. The largest absolute Gasteiger partial charge is 0.0651 e. The maximum absolute atomic E-state index is 2.47. The fourth-order valence-corrected chi connectivity index (χ4v) is 3.61. The first-order valence-electron chi connectivity index (χ1n) is 5.34. The van der Waals surface area contributed by atoms with E-state index in [0.717, 1.165) is 23.7 Å². The summed E-state index contributed by atoms with van der Waals surface area (Å²) in [6.07, 6.45) is 7.56. The lowest BCUT2D eigenvalue weighted by Crippen LogP contribution is -2.46. The molecule has 0 radical (unpaired) electrons. The predicted molar refractivity (Wildman–Crippen MR) is 48.4 cm³/mol. The summed E-state index contributed by atoms with van der Waals surface area (Å²) in [7, 11) is 0. The van der Waals surface area contributed by atoms with Gasteiger partial charge in [-0.25, -0.2) is 0 Å². The van der Waals surface area contributed by atoms with Crippen LogP contribution in [0, 0.1) is 23.7 Å². The summed E-state index contributed by atoms with van der Waals surface area (Å²) in [6, 6.07) is 0. The third-order valence-electron chi connectivity index (χ3n) is 4.25. The molecule has 0 aromatic heterocycles. The summed E-state index contributed by atoms with van der Waals surface area (Å²) in [5.41, 5.74) is 0. The summed E-state index contributed by atoms with van der Waals surface area (Å²) in [5, 5.41) is 0. The average molecular weight is 152 g/mol. The Labute approximate surface area is 70.4 Å². The van der Waals surface area contributed by atoms with E-state index in [0.29, 0.717) is 0 Å². The minimum Gasteiger partial charge on any atom is -0.0651 e. The van der Waals surface area contributed by atoms with Gasteiger partial charge in [-0.3, -0.25) is 0 Å². The molecule has 2 saturated carbocycles. The first kappa shape index (κ1) is 7.64. The van der Waals surface area contributed by atoms with Crippen molar-refractivity contribution in [2.24, 2.45) is 23.7 Å². The molecule has 0 nitrogen and oxygen atoms in total. The molecule has 2 rings (SSSR count). The third-order valence-corrected chi connectivity index (χ3v) is 4.25. The van der Waals surface area contributed by atoms with Gasteiger partial charge in [0.25, 0.3) is 0 Å². The molecule has 0 heteroatoms. The first-order valence-corrected chi connectivity index (χ1v) is 5.34. The smallest absolute Gasteiger partial charge is 0.0352 e. The molecule has 4 atom stereocenters. The van der Waals surface area contributed by atoms with Crippen LogP contribution in [0.4, 0.5) is 0 Å². The summed E-state index contributed by atoms with van der Waals surface area (Å²) in [4.78, 5) is 0. The number of fused-ring (bicyclic) bond motifs is 1. The van der Waals surface area contributed by atoms with Gasteiger partial charge in [-0.05, 0) is 36.5 Å². The molecule has 4 unspecified atom stereocenters. The Balaban J connectivity index is 1.97. The van der Waals surface area contributed by atoms with E-state index < -0.39 is 0 Å². The number of hydrogen-bond acceptors (Lipinski definition) is 0. The van der Waals surface area contributed by atoms with Crippen molar-refractivity contribution >= 4 is 0 Å². The van der Waals surface area contributed by atoms with Crippen LogP contribution in [0.2, 0.25) is 0 Å². The van der Waals surface area contributed by atoms with Crippen molar-refractivity contribution in [3.8, 4) is 0 Å². The van der Waals surface area contributed by atoms with E-state index in [4.69, 9.17) is 0 Å². The van der Waals surface area contributed by atoms with Gasteiger partial charge in [-0.1, -0.05) is 33.1 Å². The summed E-state index contributed by atoms with van der Waals surface area (Å²) in [5.74, 6) is 4.43. The van der Waals surface area contributed by atoms with Crippen molar-refractivity contribution in [3.63, 3.8) is 0 Å². The van der Waals surface area contributed by atoms with Gasteiger partial charge >= 0.3 is 0 Å². The lowest BCUT2D eigenvalue weighted by atomic mass is 9.52. The van der Waals surface area contributed by atoms with Crippen molar-refractivity contribution in [2.75, 3.05) is 0 Å². The standard InChI is InChI=1S/C11H20/c1-3-9-8(2)10-6-4-5-7-11(9)10/h8-11H,3-7H2,1-2H3. The number of rotatable bonds is 1. The van der Waals surface area contributed by atoms with E-state index in [2.05, 4.69) is 13.8 Å². The Kier molecular flexibility index (Phi) is 1.95. The van der Waals surface area contributed by atoms with Crippen molar-refractivity contribution in [1.82, 2.24) is 0 Å². The van der Waals surface area contributed by atoms with Crippen LogP contribution < -0.4 is 0 Å². The highest BCUT2D eigenvalue weighted by Crippen LogP contribution is 2.54. The maximum Gasteiger partial charge on any atom is -0.0352 e. The van der Waals surface area contributed by atoms with Crippen LogP contribution in [0.25, 0.3) is 0 Å². The molecule has 2 aliphatic carbocycles. The minimum atomic E-state index is 1.06. The molecule has 0 amide bonds. The Morgan fingerprint density at radius 3 is 2.36 bits per heavy atom. The van der Waals surface area contributed by atoms with Crippen LogP contribution >= 0.6 is 0 Å². The van der Waals surface area contributed by atoms with E-state index in [1.165, 1.54) is 19.3 Å². The van der Waals surface area contributed by atoms with E-state index in [1.54, 1.807) is 12.8 Å². The quantitative estimate of drug-likeness (QED) is 0.539. The Morgan fingerprint density at radius 1 is 1.09 bits per heavy atom. The van der Waals surface area contributed by atoms with Gasteiger partial charge in [0, 0.05) is 0 Å². The minimum absolute atomic E-state index is 1.06. The summed E-state index contributed by atoms with van der Waals surface area (Å²) < 4.78 is 0. The van der Waals surface area contributed by atoms with Crippen LogP contribution in [0.1, 0.15) is 46.0 Å². The molecule has 0 spiro atoms. The predicted octanol–water partition coefficient (Wildman–Crippen LogP) is 3.47. The molecule has 0 aromatic carbocycles. The molecule has 0 saturated heterocycles. The van der Waals surface area contributed by atoms with Gasteiger partial charge in [-0.2, -0.15) is 0 Å². The van der Waals surface area contributed by atoms with E-state index in [9.17, 15) is 0 Å². The zero-order valence-corrected chi connectivity index (χ0v) is 7.84. The Bertz CT molecular complexity index is 133. The lowest BCUT2D eigenvalue weighted by Gasteiger charge is -2.53. The van der Waals surface area contributed by atoms with Crippen LogP contribution in [-0.2, 0) is 0 Å². The zero-order valence-electron chi connectivity index (χ0n) is 7.84. The molecule has 0 N–H and O–H groups in total.